The second kappa shape index (κ2) is 6.52. The van der Waals surface area contributed by atoms with Crippen molar-refractivity contribution in [3.8, 4) is 5.75 Å². The van der Waals surface area contributed by atoms with Crippen molar-refractivity contribution in [2.75, 3.05) is 21.9 Å². The smallest absolute Gasteiger partial charge is 0.267 e. The van der Waals surface area contributed by atoms with E-state index in [2.05, 4.69) is 5.32 Å². The van der Waals surface area contributed by atoms with Gasteiger partial charge in [0, 0.05) is 5.69 Å². The maximum atomic E-state index is 12.5. The summed E-state index contributed by atoms with van der Waals surface area (Å²) < 4.78 is 31.7. The van der Waals surface area contributed by atoms with Gasteiger partial charge in [0.2, 0.25) is 10.0 Å². The zero-order valence-electron chi connectivity index (χ0n) is 13.2. The number of ether oxygens (including phenoxy) is 1. The van der Waals surface area contributed by atoms with E-state index in [-0.39, 0.29) is 18.2 Å². The van der Waals surface area contributed by atoms with Gasteiger partial charge >= 0.3 is 0 Å². The van der Waals surface area contributed by atoms with Crippen molar-refractivity contribution in [2.45, 2.75) is 13.0 Å². The summed E-state index contributed by atoms with van der Waals surface area (Å²) in [5, 5.41) is 2.75. The summed E-state index contributed by atoms with van der Waals surface area (Å²) in [5.41, 5.74) is 1.10. The lowest BCUT2D eigenvalue weighted by molar-refractivity contribution is -0.122. The van der Waals surface area contributed by atoms with E-state index >= 15 is 0 Å². The van der Waals surface area contributed by atoms with Crippen LogP contribution in [0.4, 0.5) is 11.4 Å². The molecule has 1 aliphatic heterocycles. The Morgan fingerprint density at radius 3 is 2.54 bits per heavy atom. The summed E-state index contributed by atoms with van der Waals surface area (Å²) in [6.45, 7) is 1.53. The van der Waals surface area contributed by atoms with Gasteiger partial charge in [0.25, 0.3) is 5.91 Å². The van der Waals surface area contributed by atoms with Gasteiger partial charge in [-0.15, -0.1) is 0 Å². The van der Waals surface area contributed by atoms with Crippen LogP contribution >= 0.6 is 0 Å². The van der Waals surface area contributed by atoms with E-state index in [4.69, 9.17) is 4.74 Å². The molecule has 0 aliphatic carbocycles. The van der Waals surface area contributed by atoms with E-state index in [1.165, 1.54) is 4.31 Å². The molecule has 126 valence electrons. The predicted octanol–water partition coefficient (Wildman–Crippen LogP) is 2.24. The molecule has 1 heterocycles. The fourth-order valence-electron chi connectivity index (χ4n) is 2.50. The van der Waals surface area contributed by atoms with Crippen molar-refractivity contribution in [2.24, 2.45) is 0 Å². The number of carbonyl (C=O) groups excluding carboxylic acids is 1. The minimum absolute atomic E-state index is 0.0473. The van der Waals surface area contributed by atoms with Crippen LogP contribution in [0.2, 0.25) is 0 Å². The predicted molar refractivity (Wildman–Crippen MR) is 92.7 cm³/mol. The van der Waals surface area contributed by atoms with Crippen molar-refractivity contribution < 1.29 is 17.9 Å². The van der Waals surface area contributed by atoms with Crippen LogP contribution in [0.15, 0.2) is 54.6 Å². The van der Waals surface area contributed by atoms with Gasteiger partial charge < -0.3 is 10.1 Å². The number of sulfonamides is 1. The van der Waals surface area contributed by atoms with Gasteiger partial charge in [-0.25, -0.2) is 8.42 Å². The van der Waals surface area contributed by atoms with Crippen molar-refractivity contribution in [3.63, 3.8) is 0 Å². The fraction of sp³-hybridized carbons (Fsp3) is 0.235. The van der Waals surface area contributed by atoms with Crippen LogP contribution in [0.5, 0.6) is 5.75 Å². The molecule has 3 rings (SSSR count). The maximum Gasteiger partial charge on any atom is 0.267 e. The van der Waals surface area contributed by atoms with Crippen LogP contribution in [-0.2, 0) is 14.8 Å². The molecule has 1 amide bonds. The van der Waals surface area contributed by atoms with Crippen molar-refractivity contribution in [1.82, 2.24) is 0 Å². The van der Waals surface area contributed by atoms with Gasteiger partial charge in [-0.1, -0.05) is 30.3 Å². The number of rotatable bonds is 4. The van der Waals surface area contributed by atoms with E-state index < -0.39 is 16.1 Å². The fourth-order valence-corrected chi connectivity index (χ4v) is 3.63. The largest absolute Gasteiger partial charge is 0.476 e. The lowest BCUT2D eigenvalue weighted by atomic mass is 10.2. The molecule has 0 fully saturated rings. The zero-order valence-corrected chi connectivity index (χ0v) is 14.0. The molecular formula is C17H18N2O4S. The Balaban J connectivity index is 1.88. The van der Waals surface area contributed by atoms with Crippen LogP contribution in [0.25, 0.3) is 0 Å². The van der Waals surface area contributed by atoms with Gasteiger partial charge in [-0.3, -0.25) is 9.10 Å². The topological polar surface area (TPSA) is 75.7 Å². The number of hydrogen-bond donors (Lipinski definition) is 1. The van der Waals surface area contributed by atoms with Gasteiger partial charge in [0.05, 0.1) is 18.0 Å². The lowest BCUT2D eigenvalue weighted by Gasteiger charge is -2.34. The van der Waals surface area contributed by atoms with Gasteiger partial charge in [-0.2, -0.15) is 0 Å². The van der Waals surface area contributed by atoms with Crippen LogP contribution in [0.3, 0.4) is 0 Å². The standard InChI is InChI=1S/C17H18N2O4S/c1-2-24(21,22)19-12-16(23-15-11-7-6-10-14(15)19)17(20)18-13-8-4-3-5-9-13/h3-11,16H,2,12H2,1H3,(H,18,20)/t16-/m1/s1. The number of hydrogen-bond acceptors (Lipinski definition) is 4. The Kier molecular flexibility index (Phi) is 4.44. The van der Waals surface area contributed by atoms with E-state index in [1.807, 2.05) is 6.07 Å². The summed E-state index contributed by atoms with van der Waals surface area (Å²) in [6, 6.07) is 15.8. The first-order chi connectivity index (χ1) is 11.5. The minimum Gasteiger partial charge on any atom is -0.476 e. The third-order valence-corrected chi connectivity index (χ3v) is 5.52. The van der Waals surface area contributed by atoms with Gasteiger partial charge in [0.15, 0.2) is 6.10 Å². The third-order valence-electron chi connectivity index (χ3n) is 3.77. The highest BCUT2D eigenvalue weighted by atomic mass is 32.2. The highest BCUT2D eigenvalue weighted by molar-refractivity contribution is 7.92. The molecule has 2 aromatic rings. The molecule has 1 N–H and O–H groups in total. The number of benzene rings is 2. The number of nitrogens with one attached hydrogen (secondary N) is 1. The second-order valence-electron chi connectivity index (χ2n) is 5.36. The summed E-state index contributed by atoms with van der Waals surface area (Å²) in [7, 11) is -3.50. The Morgan fingerprint density at radius 2 is 1.83 bits per heavy atom. The molecule has 6 nitrogen and oxygen atoms in total. The molecule has 0 radical (unpaired) electrons. The molecule has 2 aromatic carbocycles. The normalized spacial score (nSPS) is 16.9. The number of fused-ring (bicyclic) bond motifs is 1. The summed E-state index contributed by atoms with van der Waals surface area (Å²) in [4.78, 5) is 12.5. The first-order valence-electron chi connectivity index (χ1n) is 7.63. The summed E-state index contributed by atoms with van der Waals surface area (Å²) in [6.07, 6.45) is -0.915. The highest BCUT2D eigenvalue weighted by Crippen LogP contribution is 2.35. The van der Waals surface area contributed by atoms with E-state index in [9.17, 15) is 13.2 Å². The molecule has 1 aliphatic rings. The Bertz CT molecular complexity index is 837. The van der Waals surface area contributed by atoms with Gasteiger partial charge in [-0.05, 0) is 31.2 Å². The van der Waals surface area contributed by atoms with Crippen molar-refractivity contribution in [1.29, 1.82) is 0 Å². The van der Waals surface area contributed by atoms with Crippen molar-refractivity contribution >= 4 is 27.3 Å². The second-order valence-corrected chi connectivity index (χ2v) is 7.54. The molecule has 0 spiro atoms. The molecular weight excluding hydrogens is 328 g/mol. The minimum atomic E-state index is -3.50. The summed E-state index contributed by atoms with van der Waals surface area (Å²) >= 11 is 0. The van der Waals surface area contributed by atoms with Crippen LogP contribution < -0.4 is 14.4 Å². The number of carbonyl (C=O) groups is 1. The van der Waals surface area contributed by atoms with Crippen LogP contribution in [0, 0.1) is 0 Å². The molecule has 24 heavy (non-hydrogen) atoms. The first-order valence-corrected chi connectivity index (χ1v) is 9.24. The summed E-state index contributed by atoms with van der Waals surface area (Å²) in [5.74, 6) is -0.0463. The average molecular weight is 346 g/mol. The van der Waals surface area contributed by atoms with E-state index in [0.717, 1.165) is 0 Å². The number of anilines is 2. The Morgan fingerprint density at radius 1 is 1.17 bits per heavy atom. The molecule has 0 saturated carbocycles. The van der Waals surface area contributed by atoms with E-state index in [0.29, 0.717) is 17.1 Å². The SMILES string of the molecule is CCS(=O)(=O)N1C[C@H](C(=O)Nc2ccccc2)Oc2ccccc21. The zero-order chi connectivity index (χ0) is 17.2. The van der Waals surface area contributed by atoms with E-state index in [1.54, 1.807) is 55.5 Å². The molecule has 0 aromatic heterocycles. The Labute approximate surface area is 141 Å². The molecule has 1 atom stereocenters. The van der Waals surface area contributed by atoms with Gasteiger partial charge in [0.1, 0.15) is 5.75 Å². The number of para-hydroxylation sites is 3. The van der Waals surface area contributed by atoms with Crippen LogP contribution in [-0.4, -0.2) is 32.7 Å². The molecule has 7 heteroatoms. The molecule has 0 unspecified atom stereocenters. The average Bonchev–Trinajstić information content (AvgIpc) is 2.61. The Hall–Kier alpha value is -2.54. The molecule has 0 saturated heterocycles. The quantitative estimate of drug-likeness (QED) is 0.921. The van der Waals surface area contributed by atoms with Crippen LogP contribution in [0.1, 0.15) is 6.92 Å². The number of nitrogens with zero attached hydrogens (tertiary/aromatic N) is 1. The highest BCUT2D eigenvalue weighted by Gasteiger charge is 2.35. The lowest BCUT2D eigenvalue weighted by Crippen LogP contribution is -2.49. The molecule has 0 bridgehead atoms. The third kappa shape index (κ3) is 3.21. The maximum absolute atomic E-state index is 12.5. The number of amides is 1. The van der Waals surface area contributed by atoms with Crippen molar-refractivity contribution in [3.05, 3.63) is 54.6 Å². The first kappa shape index (κ1) is 16.3. The monoisotopic (exact) mass is 346 g/mol.